The first-order valence-electron chi connectivity index (χ1n) is 9.45. The minimum atomic E-state index is 0.795. The van der Waals surface area contributed by atoms with Crippen LogP contribution in [-0.2, 0) is 6.54 Å². The molecule has 28 heavy (non-hydrogen) atoms. The zero-order valence-corrected chi connectivity index (χ0v) is 15.2. The molecule has 0 radical (unpaired) electrons. The first-order chi connectivity index (χ1) is 13.9. The molecule has 2 aromatic heterocycles. The molecule has 134 valence electrons. The summed E-state index contributed by atoms with van der Waals surface area (Å²) < 4.78 is 0. The second kappa shape index (κ2) is 5.86. The maximum absolute atomic E-state index is 4.44. The molecule has 0 spiro atoms. The molecule has 0 atom stereocenters. The van der Waals surface area contributed by atoms with Gasteiger partial charge < -0.3 is 15.2 Å². The number of aromatic amines is 1. The average molecular weight is 362 g/mol. The van der Waals surface area contributed by atoms with Gasteiger partial charge >= 0.3 is 0 Å². The van der Waals surface area contributed by atoms with Crippen LogP contribution in [0.25, 0.3) is 28.5 Å². The van der Waals surface area contributed by atoms with E-state index in [0.29, 0.717) is 0 Å². The van der Waals surface area contributed by atoms with Crippen LogP contribution in [-0.4, -0.2) is 9.97 Å². The Morgan fingerprint density at radius 2 is 1.68 bits per heavy atom. The molecule has 2 aromatic carbocycles. The number of nitrogens with zero attached hydrogens (tertiary/aromatic N) is 2. The molecule has 2 aliphatic heterocycles. The van der Waals surface area contributed by atoms with E-state index in [-0.39, 0.29) is 0 Å². The molecule has 4 heterocycles. The Morgan fingerprint density at radius 1 is 0.857 bits per heavy atom. The standard InChI is InChI=1S/C24H18N4/c1-2-6-16(7-3-1)28-22-11-13-26-14-19(22)17-8-4-5-9-18(17)23-24(28)20-15-25-12-10-21(20)27-23/h1-14,25,27H,15H2. The molecule has 0 saturated carbocycles. The van der Waals surface area contributed by atoms with Gasteiger partial charge in [0.1, 0.15) is 0 Å². The topological polar surface area (TPSA) is 44.0 Å². The first kappa shape index (κ1) is 15.3. The number of pyridine rings is 1. The summed E-state index contributed by atoms with van der Waals surface area (Å²) in [6, 6.07) is 21.2. The van der Waals surface area contributed by atoms with E-state index in [1.165, 1.54) is 22.4 Å². The van der Waals surface area contributed by atoms with Crippen LogP contribution in [0, 0.1) is 0 Å². The van der Waals surface area contributed by atoms with Crippen LogP contribution >= 0.6 is 0 Å². The minimum absolute atomic E-state index is 0.795. The maximum atomic E-state index is 4.44. The third kappa shape index (κ3) is 2.09. The molecule has 0 unspecified atom stereocenters. The Balaban J connectivity index is 1.77. The van der Waals surface area contributed by atoms with Crippen LogP contribution in [0.15, 0.2) is 79.3 Å². The van der Waals surface area contributed by atoms with Gasteiger partial charge in [0.2, 0.25) is 0 Å². The predicted octanol–water partition coefficient (Wildman–Crippen LogP) is 5.60. The van der Waals surface area contributed by atoms with Crippen molar-refractivity contribution in [3.8, 4) is 22.4 Å². The molecule has 2 aliphatic rings. The van der Waals surface area contributed by atoms with Gasteiger partial charge in [-0.25, -0.2) is 0 Å². The summed E-state index contributed by atoms with van der Waals surface area (Å²) in [5.41, 5.74) is 10.6. The number of H-pyrrole nitrogens is 1. The predicted molar refractivity (Wildman–Crippen MR) is 114 cm³/mol. The van der Waals surface area contributed by atoms with Crippen molar-refractivity contribution in [1.82, 2.24) is 15.3 Å². The Hall–Kier alpha value is -3.79. The summed E-state index contributed by atoms with van der Waals surface area (Å²) in [5, 5.41) is 3.38. The molecule has 0 amide bonds. The highest BCUT2D eigenvalue weighted by molar-refractivity contribution is 6.03. The molecule has 0 fully saturated rings. The van der Waals surface area contributed by atoms with Crippen molar-refractivity contribution >= 4 is 23.1 Å². The van der Waals surface area contributed by atoms with Crippen LogP contribution in [0.3, 0.4) is 0 Å². The van der Waals surface area contributed by atoms with Crippen molar-refractivity contribution < 1.29 is 0 Å². The summed E-state index contributed by atoms with van der Waals surface area (Å²) in [5.74, 6) is 0. The van der Waals surface area contributed by atoms with Crippen molar-refractivity contribution in [2.75, 3.05) is 4.90 Å². The summed E-state index contributed by atoms with van der Waals surface area (Å²) in [4.78, 5) is 10.5. The quantitative estimate of drug-likeness (QED) is 0.408. The lowest BCUT2D eigenvalue weighted by Gasteiger charge is -2.27. The largest absolute Gasteiger partial charge is 0.387 e. The molecule has 0 aliphatic carbocycles. The normalized spacial score (nSPS) is 13.6. The van der Waals surface area contributed by atoms with Crippen LogP contribution in [0.4, 0.5) is 17.1 Å². The lowest BCUT2D eigenvalue weighted by molar-refractivity contribution is 0.858. The fraction of sp³-hybridized carbons (Fsp3) is 0.0417. The van der Waals surface area contributed by atoms with Gasteiger partial charge in [-0.3, -0.25) is 4.98 Å². The van der Waals surface area contributed by atoms with Crippen molar-refractivity contribution in [2.24, 2.45) is 0 Å². The number of benzene rings is 2. The molecule has 2 N–H and O–H groups in total. The molecule has 0 bridgehead atoms. The Bertz CT molecular complexity index is 1220. The van der Waals surface area contributed by atoms with Gasteiger partial charge in [-0.2, -0.15) is 0 Å². The molecule has 4 aromatic rings. The van der Waals surface area contributed by atoms with Gasteiger partial charge in [-0.1, -0.05) is 42.5 Å². The lowest BCUT2D eigenvalue weighted by atomic mass is 9.99. The number of nitrogens with one attached hydrogen (secondary N) is 2. The number of fused-ring (bicyclic) bond motifs is 7. The third-order valence-electron chi connectivity index (χ3n) is 5.52. The summed E-state index contributed by atoms with van der Waals surface area (Å²) in [7, 11) is 0. The summed E-state index contributed by atoms with van der Waals surface area (Å²) in [6.07, 6.45) is 7.97. The van der Waals surface area contributed by atoms with Crippen LogP contribution in [0.5, 0.6) is 0 Å². The number of aromatic nitrogens is 2. The van der Waals surface area contributed by atoms with Crippen molar-refractivity contribution in [3.63, 3.8) is 0 Å². The molecular weight excluding hydrogens is 344 g/mol. The van der Waals surface area contributed by atoms with E-state index in [4.69, 9.17) is 0 Å². The highest BCUT2D eigenvalue weighted by Crippen LogP contribution is 2.52. The van der Waals surface area contributed by atoms with Crippen molar-refractivity contribution in [3.05, 3.63) is 90.5 Å². The Kier molecular flexibility index (Phi) is 3.20. The highest BCUT2D eigenvalue weighted by atomic mass is 15.2. The number of hydrogen-bond acceptors (Lipinski definition) is 3. The molecule has 0 saturated heterocycles. The Labute approximate surface area is 163 Å². The zero-order valence-electron chi connectivity index (χ0n) is 15.2. The summed E-state index contributed by atoms with van der Waals surface area (Å²) >= 11 is 0. The fourth-order valence-electron chi connectivity index (χ4n) is 4.31. The molecule has 6 rings (SSSR count). The van der Waals surface area contributed by atoms with Crippen LogP contribution in [0.1, 0.15) is 11.3 Å². The SMILES string of the molecule is C1=Cc2[nH]c3c(c2CN1)N(c1ccccc1)c1ccncc1-c1ccccc1-3. The number of hydrogen-bond donors (Lipinski definition) is 2. The molecule has 4 nitrogen and oxygen atoms in total. The average Bonchev–Trinajstić information content (AvgIpc) is 3.09. The van der Waals surface area contributed by atoms with Gasteiger partial charge in [0.25, 0.3) is 0 Å². The van der Waals surface area contributed by atoms with E-state index in [9.17, 15) is 0 Å². The minimum Gasteiger partial charge on any atom is -0.387 e. The smallest absolute Gasteiger partial charge is 0.0774 e. The number of para-hydroxylation sites is 1. The third-order valence-corrected chi connectivity index (χ3v) is 5.52. The van der Waals surface area contributed by atoms with E-state index in [0.717, 1.165) is 34.9 Å². The van der Waals surface area contributed by atoms with Crippen LogP contribution in [0.2, 0.25) is 0 Å². The number of anilines is 3. The van der Waals surface area contributed by atoms with Gasteiger partial charge in [-0.15, -0.1) is 0 Å². The molecular formula is C24H18N4. The van der Waals surface area contributed by atoms with Gasteiger partial charge in [-0.05, 0) is 36.0 Å². The van der Waals surface area contributed by atoms with Gasteiger partial charge in [0.15, 0.2) is 0 Å². The number of rotatable bonds is 1. The van der Waals surface area contributed by atoms with Gasteiger partial charge in [0.05, 0.1) is 17.1 Å². The van der Waals surface area contributed by atoms with Crippen molar-refractivity contribution in [2.45, 2.75) is 6.54 Å². The Morgan fingerprint density at radius 3 is 2.57 bits per heavy atom. The van der Waals surface area contributed by atoms with E-state index in [2.05, 4.69) is 86.9 Å². The maximum Gasteiger partial charge on any atom is 0.0774 e. The highest BCUT2D eigenvalue weighted by Gasteiger charge is 2.31. The summed E-state index contributed by atoms with van der Waals surface area (Å²) in [6.45, 7) is 0.795. The zero-order chi connectivity index (χ0) is 18.5. The lowest BCUT2D eigenvalue weighted by Crippen LogP contribution is -2.16. The monoisotopic (exact) mass is 362 g/mol. The van der Waals surface area contributed by atoms with E-state index < -0.39 is 0 Å². The fourth-order valence-corrected chi connectivity index (χ4v) is 4.31. The van der Waals surface area contributed by atoms with Gasteiger partial charge in [0, 0.05) is 47.0 Å². The first-order valence-corrected chi connectivity index (χ1v) is 9.45. The van der Waals surface area contributed by atoms with E-state index >= 15 is 0 Å². The second-order valence-electron chi connectivity index (χ2n) is 7.06. The van der Waals surface area contributed by atoms with Crippen LogP contribution < -0.4 is 10.2 Å². The second-order valence-corrected chi connectivity index (χ2v) is 7.06. The van der Waals surface area contributed by atoms with E-state index in [1.54, 1.807) is 0 Å². The van der Waals surface area contributed by atoms with E-state index in [1.807, 2.05) is 18.6 Å². The van der Waals surface area contributed by atoms with Crippen molar-refractivity contribution in [1.29, 1.82) is 0 Å². The molecule has 4 heteroatoms.